The number of phenols is 1. The van der Waals surface area contributed by atoms with Gasteiger partial charge in [0.15, 0.2) is 16.1 Å². The van der Waals surface area contributed by atoms with Crippen LogP contribution in [0.2, 0.25) is 0 Å². The SMILES string of the molecule is CCCc1cc(=S)oc2c3c(cc(O)c12)OC(C)CC3=O. The number of phenolic OH excluding ortho intramolecular Hbond substituents is 1. The lowest BCUT2D eigenvalue weighted by molar-refractivity contribution is 0.0872. The molecule has 4 nitrogen and oxygen atoms in total. The highest BCUT2D eigenvalue weighted by molar-refractivity contribution is 7.71. The first-order valence-electron chi connectivity index (χ1n) is 7.03. The Hall–Kier alpha value is -1.88. The number of ether oxygens (including phenoxy) is 1. The van der Waals surface area contributed by atoms with Crippen molar-refractivity contribution in [2.24, 2.45) is 0 Å². The van der Waals surface area contributed by atoms with Gasteiger partial charge in [-0.15, -0.1) is 0 Å². The first-order chi connectivity index (χ1) is 10.0. The Morgan fingerprint density at radius 1 is 1.43 bits per heavy atom. The Labute approximate surface area is 127 Å². The molecule has 1 aromatic carbocycles. The van der Waals surface area contributed by atoms with E-state index in [0.29, 0.717) is 33.4 Å². The number of ketones is 1. The topological polar surface area (TPSA) is 59.7 Å². The second-order valence-corrected chi connectivity index (χ2v) is 5.77. The van der Waals surface area contributed by atoms with Gasteiger partial charge in [-0.05, 0) is 37.2 Å². The largest absolute Gasteiger partial charge is 0.507 e. The van der Waals surface area contributed by atoms with Crippen LogP contribution in [0.3, 0.4) is 0 Å². The zero-order valence-corrected chi connectivity index (χ0v) is 12.8. The third kappa shape index (κ3) is 2.31. The minimum absolute atomic E-state index is 0.0412. The molecule has 5 heteroatoms. The van der Waals surface area contributed by atoms with Gasteiger partial charge in [-0.1, -0.05) is 13.3 Å². The van der Waals surface area contributed by atoms with Crippen LogP contribution in [0, 0.1) is 4.71 Å². The molecule has 1 aliphatic heterocycles. The van der Waals surface area contributed by atoms with Crippen molar-refractivity contribution in [3.8, 4) is 11.5 Å². The lowest BCUT2D eigenvalue weighted by Crippen LogP contribution is -2.24. The van der Waals surface area contributed by atoms with Crippen LogP contribution in [0.1, 0.15) is 42.6 Å². The Balaban J connectivity index is 2.40. The molecule has 0 bridgehead atoms. The minimum Gasteiger partial charge on any atom is -0.507 e. The second kappa shape index (κ2) is 5.15. The molecular weight excluding hydrogens is 288 g/mol. The summed E-state index contributed by atoms with van der Waals surface area (Å²) in [6.07, 6.45) is 1.76. The monoisotopic (exact) mass is 304 g/mol. The van der Waals surface area contributed by atoms with E-state index in [2.05, 4.69) is 0 Å². The summed E-state index contributed by atoms with van der Waals surface area (Å²) >= 11 is 5.15. The van der Waals surface area contributed by atoms with E-state index in [9.17, 15) is 9.90 Å². The van der Waals surface area contributed by atoms with Crippen molar-refractivity contribution in [1.82, 2.24) is 0 Å². The molecule has 3 rings (SSSR count). The van der Waals surface area contributed by atoms with Crippen molar-refractivity contribution in [2.45, 2.75) is 39.2 Å². The van der Waals surface area contributed by atoms with Crippen LogP contribution in [-0.2, 0) is 6.42 Å². The van der Waals surface area contributed by atoms with E-state index in [1.165, 1.54) is 6.07 Å². The van der Waals surface area contributed by atoms with E-state index in [1.807, 2.05) is 13.8 Å². The molecular formula is C16H16O4S. The second-order valence-electron chi connectivity index (χ2n) is 5.37. The van der Waals surface area contributed by atoms with E-state index in [1.54, 1.807) is 6.07 Å². The van der Waals surface area contributed by atoms with Gasteiger partial charge in [0.2, 0.25) is 0 Å². The predicted molar refractivity (Wildman–Crippen MR) is 81.7 cm³/mol. The quantitative estimate of drug-likeness (QED) is 0.844. The molecule has 1 atom stereocenters. The Kier molecular flexibility index (Phi) is 3.45. The summed E-state index contributed by atoms with van der Waals surface area (Å²) in [6, 6.07) is 3.24. The maximum Gasteiger partial charge on any atom is 0.191 e. The summed E-state index contributed by atoms with van der Waals surface area (Å²) in [5, 5.41) is 10.9. The van der Waals surface area contributed by atoms with Crippen molar-refractivity contribution >= 4 is 29.0 Å². The van der Waals surface area contributed by atoms with Crippen LogP contribution in [0.15, 0.2) is 16.5 Å². The number of rotatable bonds is 2. The van der Waals surface area contributed by atoms with Gasteiger partial charge in [0.1, 0.15) is 23.2 Å². The van der Waals surface area contributed by atoms with Crippen molar-refractivity contribution in [2.75, 3.05) is 0 Å². The number of carbonyl (C=O) groups is 1. The number of hydrogen-bond acceptors (Lipinski definition) is 5. The summed E-state index contributed by atoms with van der Waals surface area (Å²) in [5.41, 5.74) is 1.64. The maximum atomic E-state index is 12.3. The van der Waals surface area contributed by atoms with E-state index in [-0.39, 0.29) is 17.6 Å². The summed E-state index contributed by atoms with van der Waals surface area (Å²) in [6.45, 7) is 3.87. The molecule has 0 aliphatic carbocycles. The molecule has 1 aliphatic rings. The molecule has 0 fully saturated rings. The molecule has 0 saturated carbocycles. The highest BCUT2D eigenvalue weighted by atomic mass is 32.1. The van der Waals surface area contributed by atoms with Gasteiger partial charge in [0.25, 0.3) is 0 Å². The molecule has 0 spiro atoms. The van der Waals surface area contributed by atoms with E-state index in [0.717, 1.165) is 18.4 Å². The summed E-state index contributed by atoms with van der Waals surface area (Å²) in [4.78, 5) is 12.3. The van der Waals surface area contributed by atoms with Crippen molar-refractivity contribution in [1.29, 1.82) is 0 Å². The van der Waals surface area contributed by atoms with Crippen LogP contribution < -0.4 is 4.74 Å². The van der Waals surface area contributed by atoms with E-state index in [4.69, 9.17) is 21.4 Å². The molecule has 1 N–H and O–H groups in total. The van der Waals surface area contributed by atoms with Gasteiger partial charge in [-0.2, -0.15) is 0 Å². The number of carbonyl (C=O) groups excluding carboxylic acids is 1. The van der Waals surface area contributed by atoms with Crippen LogP contribution in [0.4, 0.5) is 0 Å². The van der Waals surface area contributed by atoms with Gasteiger partial charge < -0.3 is 14.3 Å². The highest BCUT2D eigenvalue weighted by Gasteiger charge is 2.29. The lowest BCUT2D eigenvalue weighted by atomic mass is 9.95. The highest BCUT2D eigenvalue weighted by Crippen LogP contribution is 2.41. The third-order valence-corrected chi connectivity index (χ3v) is 3.84. The average Bonchev–Trinajstić information content (AvgIpc) is 2.36. The zero-order valence-electron chi connectivity index (χ0n) is 11.9. The van der Waals surface area contributed by atoms with Crippen LogP contribution in [0.5, 0.6) is 11.5 Å². The van der Waals surface area contributed by atoms with Crippen LogP contribution >= 0.6 is 12.2 Å². The van der Waals surface area contributed by atoms with Crippen molar-refractivity contribution < 1.29 is 19.1 Å². The maximum absolute atomic E-state index is 12.3. The fourth-order valence-corrected chi connectivity index (χ4v) is 3.05. The Morgan fingerprint density at radius 3 is 2.90 bits per heavy atom. The number of Topliss-reactive ketones (excluding diaryl/α,β-unsaturated/α-hetero) is 1. The fourth-order valence-electron chi connectivity index (χ4n) is 2.82. The fraction of sp³-hybridized carbons (Fsp3) is 0.375. The molecule has 0 saturated heterocycles. The first kappa shape index (κ1) is 14.1. The summed E-state index contributed by atoms with van der Waals surface area (Å²) in [5.74, 6) is 0.393. The smallest absolute Gasteiger partial charge is 0.191 e. The molecule has 0 radical (unpaired) electrons. The molecule has 110 valence electrons. The molecule has 1 unspecified atom stereocenters. The standard InChI is InChI=1S/C16H16O4S/c1-3-4-9-6-13(21)20-16-14(9)11(18)7-12-15(16)10(17)5-8(2)19-12/h6-8,18H,3-5H2,1-2H3. The average molecular weight is 304 g/mol. The predicted octanol–water partition coefficient (Wildman–Crippen LogP) is 4.17. The van der Waals surface area contributed by atoms with Gasteiger partial charge in [0.05, 0.1) is 5.39 Å². The van der Waals surface area contributed by atoms with Gasteiger partial charge >= 0.3 is 0 Å². The number of benzene rings is 1. The molecule has 21 heavy (non-hydrogen) atoms. The zero-order chi connectivity index (χ0) is 15.1. The molecule has 0 amide bonds. The van der Waals surface area contributed by atoms with E-state index < -0.39 is 0 Å². The summed E-state index contributed by atoms with van der Waals surface area (Å²) in [7, 11) is 0. The van der Waals surface area contributed by atoms with Crippen molar-refractivity contribution in [3.63, 3.8) is 0 Å². The van der Waals surface area contributed by atoms with Crippen LogP contribution in [-0.4, -0.2) is 17.0 Å². The molecule has 2 aromatic rings. The third-order valence-electron chi connectivity index (χ3n) is 3.64. The molecule has 1 aromatic heterocycles. The lowest BCUT2D eigenvalue weighted by Gasteiger charge is -2.23. The van der Waals surface area contributed by atoms with Crippen molar-refractivity contribution in [3.05, 3.63) is 28.0 Å². The Morgan fingerprint density at radius 2 is 2.19 bits per heavy atom. The van der Waals surface area contributed by atoms with Crippen LogP contribution in [0.25, 0.3) is 11.0 Å². The first-order valence-corrected chi connectivity index (χ1v) is 7.44. The van der Waals surface area contributed by atoms with Gasteiger partial charge in [-0.3, -0.25) is 4.79 Å². The number of aromatic hydroxyl groups is 1. The number of hydrogen-bond donors (Lipinski definition) is 1. The number of aryl methyl sites for hydroxylation is 1. The number of fused-ring (bicyclic) bond motifs is 3. The van der Waals surface area contributed by atoms with E-state index >= 15 is 0 Å². The normalized spacial score (nSPS) is 17.6. The van der Waals surface area contributed by atoms with Gasteiger partial charge in [-0.25, -0.2) is 0 Å². The summed E-state index contributed by atoms with van der Waals surface area (Å²) < 4.78 is 11.6. The van der Waals surface area contributed by atoms with Gasteiger partial charge in [0, 0.05) is 12.5 Å². The Bertz CT molecular complexity index is 791. The molecule has 2 heterocycles. The minimum atomic E-state index is -0.205.